The molecule has 3 heteroatoms. The Morgan fingerprint density at radius 3 is 2.58 bits per heavy atom. The molecule has 1 N–H and O–H groups in total. The molecule has 0 bridgehead atoms. The number of hydrogen-bond donors (Lipinski definition) is 1. The molecule has 1 saturated carbocycles. The minimum Gasteiger partial charge on any atom is -0.396 e. The van der Waals surface area contributed by atoms with Crippen molar-refractivity contribution in [3.8, 4) is 0 Å². The van der Waals surface area contributed by atoms with Crippen molar-refractivity contribution in [2.75, 3.05) is 19.7 Å². The van der Waals surface area contributed by atoms with Gasteiger partial charge in [0.25, 0.3) is 0 Å². The summed E-state index contributed by atoms with van der Waals surface area (Å²) in [5.41, 5.74) is 1.09. The molecule has 1 fully saturated rings. The molecule has 104 valence electrons. The Labute approximate surface area is 115 Å². The first-order chi connectivity index (χ1) is 9.29. The highest BCUT2D eigenvalue weighted by Crippen LogP contribution is 2.24. The Morgan fingerprint density at radius 2 is 2.00 bits per heavy atom. The van der Waals surface area contributed by atoms with Crippen molar-refractivity contribution >= 4 is 5.78 Å². The molecule has 0 atom stereocenters. The molecular formula is C16H23NO2. The van der Waals surface area contributed by atoms with Gasteiger partial charge in [0, 0.05) is 25.6 Å². The van der Waals surface area contributed by atoms with Gasteiger partial charge in [0.15, 0.2) is 5.78 Å². The van der Waals surface area contributed by atoms with Crippen molar-refractivity contribution in [3.63, 3.8) is 0 Å². The van der Waals surface area contributed by atoms with Crippen LogP contribution in [0.3, 0.4) is 0 Å². The van der Waals surface area contributed by atoms with Gasteiger partial charge in [0.1, 0.15) is 0 Å². The van der Waals surface area contributed by atoms with E-state index in [2.05, 4.69) is 4.90 Å². The monoisotopic (exact) mass is 261 g/mol. The number of benzene rings is 1. The molecule has 1 aromatic rings. The number of nitrogens with zero attached hydrogens (tertiary/aromatic N) is 1. The maximum absolute atomic E-state index is 12.1. The average molecular weight is 261 g/mol. The minimum atomic E-state index is 0.204. The highest BCUT2D eigenvalue weighted by atomic mass is 16.3. The fraction of sp³-hybridized carbons (Fsp3) is 0.562. The summed E-state index contributed by atoms with van der Waals surface area (Å²) in [6.07, 6.45) is 4.94. The zero-order chi connectivity index (χ0) is 13.5. The van der Waals surface area contributed by atoms with Crippen LogP contribution >= 0.6 is 0 Å². The number of aliphatic hydroxyl groups excluding tert-OH is 1. The molecule has 1 aliphatic rings. The van der Waals surface area contributed by atoms with E-state index in [0.717, 1.165) is 18.5 Å². The summed E-state index contributed by atoms with van der Waals surface area (Å²) in [7, 11) is 0. The van der Waals surface area contributed by atoms with Crippen LogP contribution in [-0.2, 0) is 11.2 Å². The number of hydrogen-bond acceptors (Lipinski definition) is 3. The van der Waals surface area contributed by atoms with Gasteiger partial charge in [0.05, 0.1) is 6.54 Å². The van der Waals surface area contributed by atoms with Crippen molar-refractivity contribution in [1.29, 1.82) is 0 Å². The molecular weight excluding hydrogens is 238 g/mol. The van der Waals surface area contributed by atoms with E-state index in [1.807, 2.05) is 30.3 Å². The van der Waals surface area contributed by atoms with Crippen molar-refractivity contribution in [3.05, 3.63) is 35.9 Å². The van der Waals surface area contributed by atoms with Crippen LogP contribution in [0.25, 0.3) is 0 Å². The third-order valence-corrected chi connectivity index (χ3v) is 3.82. The van der Waals surface area contributed by atoms with Crippen LogP contribution in [-0.4, -0.2) is 41.5 Å². The second-order valence-electron chi connectivity index (χ2n) is 5.33. The highest BCUT2D eigenvalue weighted by molar-refractivity contribution is 5.82. The third kappa shape index (κ3) is 4.44. The number of Topliss-reactive ketones (excluding diaryl/α,β-unsaturated/α-hetero) is 1. The van der Waals surface area contributed by atoms with E-state index in [1.165, 1.54) is 19.3 Å². The molecule has 3 nitrogen and oxygen atoms in total. The van der Waals surface area contributed by atoms with Crippen LogP contribution in [0.4, 0.5) is 0 Å². The first-order valence-corrected chi connectivity index (χ1v) is 7.20. The maximum atomic E-state index is 12.1. The second-order valence-corrected chi connectivity index (χ2v) is 5.33. The molecule has 0 amide bonds. The lowest BCUT2D eigenvalue weighted by Gasteiger charge is -2.37. The zero-order valence-electron chi connectivity index (χ0n) is 11.4. The Kier molecular flexibility index (Phi) is 5.55. The first kappa shape index (κ1) is 14.2. The standard InChI is InChI=1S/C16H23NO2/c18-11-5-10-17(15-8-4-9-15)13-16(19)12-14-6-2-1-3-7-14/h1-3,6-7,15,18H,4-5,8-13H2. The molecule has 0 aromatic heterocycles. The molecule has 1 aliphatic carbocycles. The van der Waals surface area contributed by atoms with Gasteiger partial charge in [-0.15, -0.1) is 0 Å². The lowest BCUT2D eigenvalue weighted by atomic mass is 9.91. The van der Waals surface area contributed by atoms with Gasteiger partial charge in [-0.2, -0.15) is 0 Å². The summed E-state index contributed by atoms with van der Waals surface area (Å²) in [5, 5.41) is 8.95. The van der Waals surface area contributed by atoms with E-state index in [1.54, 1.807) is 0 Å². The van der Waals surface area contributed by atoms with E-state index in [9.17, 15) is 4.79 Å². The van der Waals surface area contributed by atoms with E-state index in [0.29, 0.717) is 19.0 Å². The summed E-state index contributed by atoms with van der Waals surface area (Å²) in [5.74, 6) is 0.274. The summed E-state index contributed by atoms with van der Waals surface area (Å²) < 4.78 is 0. The predicted octanol–water partition coefficient (Wildman–Crippen LogP) is 2.04. The van der Waals surface area contributed by atoms with Crippen molar-refractivity contribution < 1.29 is 9.90 Å². The molecule has 1 aromatic carbocycles. The minimum absolute atomic E-state index is 0.204. The van der Waals surface area contributed by atoms with Crippen molar-refractivity contribution in [1.82, 2.24) is 4.90 Å². The lowest BCUT2D eigenvalue weighted by Crippen LogP contribution is -2.44. The number of aliphatic hydroxyl groups is 1. The molecule has 0 radical (unpaired) electrons. The summed E-state index contributed by atoms with van der Waals surface area (Å²) in [6.45, 7) is 1.57. The Morgan fingerprint density at radius 1 is 1.26 bits per heavy atom. The Bertz CT molecular complexity index is 387. The molecule has 0 heterocycles. The normalized spacial score (nSPS) is 15.5. The largest absolute Gasteiger partial charge is 0.396 e. The number of carbonyl (C=O) groups excluding carboxylic acids is 1. The zero-order valence-corrected chi connectivity index (χ0v) is 11.4. The van der Waals surface area contributed by atoms with Crippen LogP contribution in [0.15, 0.2) is 30.3 Å². The molecule has 2 rings (SSSR count). The van der Waals surface area contributed by atoms with Gasteiger partial charge in [-0.1, -0.05) is 36.8 Å². The number of ketones is 1. The molecule has 0 unspecified atom stereocenters. The van der Waals surface area contributed by atoms with Gasteiger partial charge in [-0.3, -0.25) is 9.69 Å². The number of rotatable bonds is 8. The fourth-order valence-corrected chi connectivity index (χ4v) is 2.52. The van der Waals surface area contributed by atoms with Crippen LogP contribution in [0.5, 0.6) is 0 Å². The fourth-order valence-electron chi connectivity index (χ4n) is 2.52. The Hall–Kier alpha value is -1.19. The summed E-state index contributed by atoms with van der Waals surface area (Å²) in [4.78, 5) is 14.4. The molecule has 0 spiro atoms. The predicted molar refractivity (Wildman–Crippen MR) is 76.1 cm³/mol. The lowest BCUT2D eigenvalue weighted by molar-refractivity contribution is -0.120. The average Bonchev–Trinajstić information content (AvgIpc) is 2.35. The van der Waals surface area contributed by atoms with Gasteiger partial charge in [0.2, 0.25) is 0 Å². The van der Waals surface area contributed by atoms with E-state index in [-0.39, 0.29) is 12.4 Å². The van der Waals surface area contributed by atoms with Gasteiger partial charge < -0.3 is 5.11 Å². The van der Waals surface area contributed by atoms with E-state index < -0.39 is 0 Å². The highest BCUT2D eigenvalue weighted by Gasteiger charge is 2.25. The Balaban J connectivity index is 1.83. The van der Waals surface area contributed by atoms with E-state index in [4.69, 9.17) is 5.11 Å². The SMILES string of the molecule is O=C(Cc1ccccc1)CN(CCCO)C1CCC1. The summed E-state index contributed by atoms with van der Waals surface area (Å²) >= 11 is 0. The van der Waals surface area contributed by atoms with Crippen LogP contribution in [0.1, 0.15) is 31.2 Å². The molecule has 19 heavy (non-hydrogen) atoms. The molecule has 0 saturated heterocycles. The van der Waals surface area contributed by atoms with E-state index >= 15 is 0 Å². The second kappa shape index (κ2) is 7.41. The first-order valence-electron chi connectivity index (χ1n) is 7.20. The smallest absolute Gasteiger partial charge is 0.151 e. The maximum Gasteiger partial charge on any atom is 0.151 e. The van der Waals surface area contributed by atoms with Crippen LogP contribution in [0.2, 0.25) is 0 Å². The number of carbonyl (C=O) groups is 1. The summed E-state index contributed by atoms with van der Waals surface area (Å²) in [6, 6.07) is 10.5. The van der Waals surface area contributed by atoms with Gasteiger partial charge in [-0.05, 0) is 24.8 Å². The van der Waals surface area contributed by atoms with Gasteiger partial charge >= 0.3 is 0 Å². The van der Waals surface area contributed by atoms with Crippen LogP contribution < -0.4 is 0 Å². The van der Waals surface area contributed by atoms with Crippen molar-refractivity contribution in [2.45, 2.75) is 38.1 Å². The third-order valence-electron chi connectivity index (χ3n) is 3.82. The van der Waals surface area contributed by atoms with Crippen LogP contribution in [0, 0.1) is 0 Å². The topological polar surface area (TPSA) is 40.5 Å². The van der Waals surface area contributed by atoms with Crippen molar-refractivity contribution in [2.24, 2.45) is 0 Å². The quantitative estimate of drug-likeness (QED) is 0.778. The molecule has 0 aliphatic heterocycles. The van der Waals surface area contributed by atoms with Gasteiger partial charge in [-0.25, -0.2) is 0 Å².